The molecule has 19 heavy (non-hydrogen) atoms. The van der Waals surface area contributed by atoms with E-state index < -0.39 is 0 Å². The molecule has 98 valence electrons. The van der Waals surface area contributed by atoms with Gasteiger partial charge in [0.05, 0.1) is 5.69 Å². The third-order valence-corrected chi connectivity index (χ3v) is 2.68. The molecule has 0 aliphatic heterocycles. The summed E-state index contributed by atoms with van der Waals surface area (Å²) in [5.74, 6) is -0.697. The zero-order valence-corrected chi connectivity index (χ0v) is 11.0. The lowest BCUT2D eigenvalue weighted by Gasteiger charge is -2.11. The Labute approximate surface area is 115 Å². The van der Waals surface area contributed by atoms with Crippen LogP contribution >= 0.6 is 12.2 Å². The molecule has 0 radical (unpaired) electrons. The quantitative estimate of drug-likeness (QED) is 0.809. The van der Waals surface area contributed by atoms with Crippen molar-refractivity contribution in [2.75, 3.05) is 10.6 Å². The van der Waals surface area contributed by atoms with E-state index in [-0.39, 0.29) is 16.7 Å². The third kappa shape index (κ3) is 3.72. The minimum absolute atomic E-state index is 0.245. The van der Waals surface area contributed by atoms with Gasteiger partial charge in [-0.15, -0.1) is 0 Å². The largest absolute Gasteiger partial charge is 0.332 e. The summed E-state index contributed by atoms with van der Waals surface area (Å²) in [6, 6.07) is 10.6. The van der Waals surface area contributed by atoms with Crippen LogP contribution in [-0.4, -0.2) is 5.11 Å². The van der Waals surface area contributed by atoms with Crippen LogP contribution in [-0.2, 0) is 0 Å². The van der Waals surface area contributed by atoms with Crippen molar-refractivity contribution in [2.24, 2.45) is 0 Å². The van der Waals surface area contributed by atoms with Crippen molar-refractivity contribution in [3.8, 4) is 0 Å². The van der Waals surface area contributed by atoms with Crippen molar-refractivity contribution in [2.45, 2.75) is 6.92 Å². The highest BCUT2D eigenvalue weighted by molar-refractivity contribution is 7.80. The minimum Gasteiger partial charge on any atom is -0.332 e. The molecule has 0 saturated heterocycles. The van der Waals surface area contributed by atoms with Crippen molar-refractivity contribution in [1.29, 1.82) is 0 Å². The summed E-state index contributed by atoms with van der Waals surface area (Å²) in [5.41, 5.74) is 1.76. The van der Waals surface area contributed by atoms with E-state index in [1.807, 2.05) is 6.92 Å². The van der Waals surface area contributed by atoms with Crippen molar-refractivity contribution >= 4 is 28.7 Å². The van der Waals surface area contributed by atoms with E-state index in [0.717, 1.165) is 5.56 Å². The Morgan fingerprint density at radius 2 is 1.68 bits per heavy atom. The average Bonchev–Trinajstić information content (AvgIpc) is 2.36. The predicted molar refractivity (Wildman–Crippen MR) is 77.4 cm³/mol. The standard InChI is InChI=1S/C14H12F2N2S/c1-9-2-7-13(12(16)8-9)18-14(19)17-11-5-3-10(15)4-6-11/h2-8H,1H3,(H2,17,18,19). The molecule has 0 spiro atoms. The zero-order chi connectivity index (χ0) is 13.8. The summed E-state index contributed by atoms with van der Waals surface area (Å²) >= 11 is 5.06. The average molecular weight is 278 g/mol. The van der Waals surface area contributed by atoms with Crippen molar-refractivity contribution in [3.63, 3.8) is 0 Å². The van der Waals surface area contributed by atoms with E-state index in [4.69, 9.17) is 12.2 Å². The number of halogens is 2. The van der Waals surface area contributed by atoms with E-state index in [2.05, 4.69) is 10.6 Å². The second kappa shape index (κ2) is 5.75. The van der Waals surface area contributed by atoms with Crippen LogP contribution in [0.25, 0.3) is 0 Å². The summed E-state index contributed by atoms with van der Waals surface area (Å²) < 4.78 is 26.3. The molecule has 2 rings (SSSR count). The first-order chi connectivity index (χ1) is 9.04. The number of nitrogens with one attached hydrogen (secondary N) is 2. The minimum atomic E-state index is -0.372. The van der Waals surface area contributed by atoms with E-state index in [1.165, 1.54) is 18.2 Å². The number of rotatable bonds is 2. The SMILES string of the molecule is Cc1ccc(NC(=S)Nc2ccc(F)cc2)c(F)c1. The fourth-order valence-electron chi connectivity index (χ4n) is 1.54. The molecule has 0 bridgehead atoms. The van der Waals surface area contributed by atoms with Gasteiger partial charge in [-0.2, -0.15) is 0 Å². The summed E-state index contributed by atoms with van der Waals surface area (Å²) in [6.07, 6.45) is 0. The molecule has 2 aromatic carbocycles. The lowest BCUT2D eigenvalue weighted by Crippen LogP contribution is -2.19. The molecule has 0 aliphatic carbocycles. The fourth-order valence-corrected chi connectivity index (χ4v) is 1.77. The highest BCUT2D eigenvalue weighted by Crippen LogP contribution is 2.16. The van der Waals surface area contributed by atoms with Crippen LogP contribution in [0.2, 0.25) is 0 Å². The highest BCUT2D eigenvalue weighted by Gasteiger charge is 2.04. The second-order valence-electron chi connectivity index (χ2n) is 4.07. The molecular weight excluding hydrogens is 266 g/mol. The maximum Gasteiger partial charge on any atom is 0.175 e. The van der Waals surface area contributed by atoms with Gasteiger partial charge in [0, 0.05) is 5.69 Å². The van der Waals surface area contributed by atoms with Gasteiger partial charge in [-0.05, 0) is 61.1 Å². The number of hydrogen-bond donors (Lipinski definition) is 2. The molecule has 0 fully saturated rings. The zero-order valence-electron chi connectivity index (χ0n) is 10.2. The summed E-state index contributed by atoms with van der Waals surface area (Å²) in [6.45, 7) is 1.81. The Morgan fingerprint density at radius 3 is 2.32 bits per heavy atom. The Balaban J connectivity index is 2.03. The highest BCUT2D eigenvalue weighted by atomic mass is 32.1. The number of benzene rings is 2. The molecule has 2 aromatic rings. The van der Waals surface area contributed by atoms with Gasteiger partial charge < -0.3 is 10.6 Å². The predicted octanol–water partition coefficient (Wildman–Crippen LogP) is 4.08. The van der Waals surface area contributed by atoms with Crippen LogP contribution in [0.5, 0.6) is 0 Å². The van der Waals surface area contributed by atoms with Crippen LogP contribution in [0.15, 0.2) is 42.5 Å². The number of thiocarbonyl (C=S) groups is 1. The van der Waals surface area contributed by atoms with Gasteiger partial charge in [0.1, 0.15) is 11.6 Å². The molecule has 0 aromatic heterocycles. The van der Waals surface area contributed by atoms with E-state index in [1.54, 1.807) is 24.3 Å². The maximum atomic E-state index is 13.6. The number of anilines is 2. The van der Waals surface area contributed by atoms with Gasteiger partial charge in [0.15, 0.2) is 5.11 Å². The van der Waals surface area contributed by atoms with E-state index in [0.29, 0.717) is 11.4 Å². The van der Waals surface area contributed by atoms with Crippen LogP contribution in [0, 0.1) is 18.6 Å². The lowest BCUT2D eigenvalue weighted by atomic mass is 10.2. The first kappa shape index (κ1) is 13.4. The van der Waals surface area contributed by atoms with Gasteiger partial charge >= 0.3 is 0 Å². The molecule has 0 unspecified atom stereocenters. The smallest absolute Gasteiger partial charge is 0.175 e. The Kier molecular flexibility index (Phi) is 4.06. The molecule has 0 aliphatic rings. The Morgan fingerprint density at radius 1 is 1.00 bits per heavy atom. The number of hydrogen-bond acceptors (Lipinski definition) is 1. The van der Waals surface area contributed by atoms with Gasteiger partial charge in [0.2, 0.25) is 0 Å². The maximum absolute atomic E-state index is 13.6. The van der Waals surface area contributed by atoms with E-state index >= 15 is 0 Å². The summed E-state index contributed by atoms with van der Waals surface area (Å²) in [5, 5.41) is 5.84. The summed E-state index contributed by atoms with van der Waals surface area (Å²) in [4.78, 5) is 0. The molecular formula is C14H12F2N2S. The van der Waals surface area contributed by atoms with Gasteiger partial charge in [-0.1, -0.05) is 6.07 Å². The third-order valence-electron chi connectivity index (χ3n) is 2.47. The van der Waals surface area contributed by atoms with Crippen LogP contribution in [0.3, 0.4) is 0 Å². The van der Waals surface area contributed by atoms with Gasteiger partial charge in [-0.25, -0.2) is 8.78 Å². The van der Waals surface area contributed by atoms with Gasteiger partial charge in [-0.3, -0.25) is 0 Å². The van der Waals surface area contributed by atoms with Crippen molar-refractivity contribution < 1.29 is 8.78 Å². The monoisotopic (exact) mass is 278 g/mol. The first-order valence-electron chi connectivity index (χ1n) is 5.64. The molecule has 0 amide bonds. The van der Waals surface area contributed by atoms with E-state index in [9.17, 15) is 8.78 Å². The Hall–Kier alpha value is -2.01. The molecule has 2 N–H and O–H groups in total. The molecule has 0 heterocycles. The first-order valence-corrected chi connectivity index (χ1v) is 6.05. The van der Waals surface area contributed by atoms with Crippen molar-refractivity contribution in [1.82, 2.24) is 0 Å². The van der Waals surface area contributed by atoms with Crippen LogP contribution < -0.4 is 10.6 Å². The fraction of sp³-hybridized carbons (Fsp3) is 0.0714. The molecule has 5 heteroatoms. The summed E-state index contributed by atoms with van der Waals surface area (Å²) in [7, 11) is 0. The van der Waals surface area contributed by atoms with Crippen LogP contribution in [0.4, 0.5) is 20.2 Å². The lowest BCUT2D eigenvalue weighted by molar-refractivity contribution is 0.628. The molecule has 0 saturated carbocycles. The Bertz CT molecular complexity index is 597. The molecule has 2 nitrogen and oxygen atoms in total. The number of aryl methyl sites for hydroxylation is 1. The normalized spacial score (nSPS) is 10.1. The topological polar surface area (TPSA) is 24.1 Å². The van der Waals surface area contributed by atoms with Gasteiger partial charge in [0.25, 0.3) is 0 Å². The van der Waals surface area contributed by atoms with Crippen molar-refractivity contribution in [3.05, 3.63) is 59.7 Å². The molecule has 0 atom stereocenters. The van der Waals surface area contributed by atoms with Crippen LogP contribution in [0.1, 0.15) is 5.56 Å². The second-order valence-corrected chi connectivity index (χ2v) is 4.48.